The van der Waals surface area contributed by atoms with E-state index in [-0.39, 0.29) is 11.9 Å². The first kappa shape index (κ1) is 11.1. The lowest BCUT2D eigenvalue weighted by Gasteiger charge is -2.31. The van der Waals surface area contributed by atoms with Crippen molar-refractivity contribution in [3.8, 4) is 0 Å². The topological polar surface area (TPSA) is 59.2 Å². The molecule has 1 aliphatic heterocycles. The van der Waals surface area contributed by atoms with Gasteiger partial charge in [0.1, 0.15) is 0 Å². The maximum atomic E-state index is 11.9. The number of amides is 1. The molecule has 1 aromatic heterocycles. The summed E-state index contributed by atoms with van der Waals surface area (Å²) < 4.78 is 0. The highest BCUT2D eigenvalue weighted by molar-refractivity contribution is 5.98. The summed E-state index contributed by atoms with van der Waals surface area (Å²) >= 11 is 0. The van der Waals surface area contributed by atoms with E-state index in [9.17, 15) is 4.79 Å². The van der Waals surface area contributed by atoms with Gasteiger partial charge in [-0.2, -0.15) is 0 Å². The lowest BCUT2D eigenvalue weighted by molar-refractivity contribution is -0.120. The smallest absolute Gasteiger partial charge is 0.243 e. The van der Waals surface area contributed by atoms with E-state index >= 15 is 0 Å². The van der Waals surface area contributed by atoms with Crippen molar-refractivity contribution < 1.29 is 4.79 Å². The molecule has 0 aliphatic carbocycles. The van der Waals surface area contributed by atoms with E-state index in [1.807, 2.05) is 26.0 Å². The summed E-state index contributed by atoms with van der Waals surface area (Å²) in [6.45, 7) is 4.62. The van der Waals surface area contributed by atoms with Gasteiger partial charge in [-0.25, -0.2) is 0 Å². The maximum absolute atomic E-state index is 11.9. The molecule has 4 nitrogen and oxygen atoms in total. The highest BCUT2D eigenvalue weighted by Gasteiger charge is 2.27. The largest absolute Gasteiger partial charge is 0.320 e. The molecule has 0 saturated carbocycles. The average molecular weight is 219 g/mol. The van der Waals surface area contributed by atoms with E-state index in [4.69, 9.17) is 5.73 Å². The van der Waals surface area contributed by atoms with Gasteiger partial charge in [-0.3, -0.25) is 9.78 Å². The standard InChI is InChI=1S/C12H17N3O/c1-8-5-6-11(9(2)14-8)15-7-3-4-10(13)12(15)16/h5-6,10H,3-4,7,13H2,1-2H3. The first-order valence-electron chi connectivity index (χ1n) is 5.61. The van der Waals surface area contributed by atoms with Gasteiger partial charge < -0.3 is 10.6 Å². The molecule has 1 aromatic rings. The van der Waals surface area contributed by atoms with Crippen LogP contribution in [0.4, 0.5) is 5.69 Å². The Bertz CT molecular complexity index is 417. The summed E-state index contributed by atoms with van der Waals surface area (Å²) in [6.07, 6.45) is 1.74. The summed E-state index contributed by atoms with van der Waals surface area (Å²) in [7, 11) is 0. The Morgan fingerprint density at radius 1 is 1.44 bits per heavy atom. The monoisotopic (exact) mass is 219 g/mol. The number of carbonyl (C=O) groups excluding carboxylic acids is 1. The Morgan fingerprint density at radius 2 is 2.19 bits per heavy atom. The molecular formula is C12H17N3O. The zero-order valence-corrected chi connectivity index (χ0v) is 9.73. The van der Waals surface area contributed by atoms with Crippen molar-refractivity contribution in [1.29, 1.82) is 0 Å². The lowest BCUT2D eigenvalue weighted by Crippen LogP contribution is -2.48. The quantitative estimate of drug-likeness (QED) is 0.771. The summed E-state index contributed by atoms with van der Waals surface area (Å²) in [4.78, 5) is 18.1. The van der Waals surface area contributed by atoms with Gasteiger partial charge >= 0.3 is 0 Å². The Labute approximate surface area is 95.5 Å². The number of piperidine rings is 1. The maximum Gasteiger partial charge on any atom is 0.243 e. The minimum atomic E-state index is -0.352. The minimum Gasteiger partial charge on any atom is -0.320 e. The van der Waals surface area contributed by atoms with Crippen LogP contribution in [0.1, 0.15) is 24.2 Å². The molecule has 0 spiro atoms. The third kappa shape index (κ3) is 1.93. The summed E-state index contributed by atoms with van der Waals surface area (Å²) in [5, 5.41) is 0. The fraction of sp³-hybridized carbons (Fsp3) is 0.500. The van der Waals surface area contributed by atoms with E-state index in [0.29, 0.717) is 0 Å². The molecule has 1 fully saturated rings. The van der Waals surface area contributed by atoms with Crippen molar-refractivity contribution in [2.45, 2.75) is 32.7 Å². The predicted octanol–water partition coefficient (Wildman–Crippen LogP) is 1.15. The number of hydrogen-bond donors (Lipinski definition) is 1. The van der Waals surface area contributed by atoms with Crippen LogP contribution in [-0.2, 0) is 4.79 Å². The zero-order chi connectivity index (χ0) is 11.7. The van der Waals surface area contributed by atoms with Crippen LogP contribution in [0.3, 0.4) is 0 Å². The van der Waals surface area contributed by atoms with Crippen molar-refractivity contribution in [2.24, 2.45) is 5.73 Å². The Kier molecular flexibility index (Phi) is 2.92. The SMILES string of the molecule is Cc1ccc(N2CCCC(N)C2=O)c(C)n1. The number of aryl methyl sites for hydroxylation is 2. The van der Waals surface area contributed by atoms with Gasteiger partial charge in [0.25, 0.3) is 0 Å². The number of anilines is 1. The minimum absolute atomic E-state index is 0.0139. The number of hydrogen-bond acceptors (Lipinski definition) is 3. The van der Waals surface area contributed by atoms with Crippen molar-refractivity contribution in [3.63, 3.8) is 0 Å². The number of rotatable bonds is 1. The van der Waals surface area contributed by atoms with Gasteiger partial charge in [-0.1, -0.05) is 0 Å². The number of pyridine rings is 1. The van der Waals surface area contributed by atoms with Gasteiger partial charge in [0.2, 0.25) is 5.91 Å². The van der Waals surface area contributed by atoms with E-state index in [0.717, 1.165) is 36.5 Å². The Balaban J connectivity index is 2.32. The van der Waals surface area contributed by atoms with E-state index in [1.165, 1.54) is 0 Å². The van der Waals surface area contributed by atoms with Gasteiger partial charge in [-0.05, 0) is 38.8 Å². The molecule has 86 valence electrons. The molecule has 4 heteroatoms. The van der Waals surface area contributed by atoms with E-state index < -0.39 is 0 Å². The van der Waals surface area contributed by atoms with Crippen molar-refractivity contribution in [2.75, 3.05) is 11.4 Å². The molecule has 1 aliphatic rings. The first-order chi connectivity index (χ1) is 7.59. The van der Waals surface area contributed by atoms with Crippen molar-refractivity contribution in [3.05, 3.63) is 23.5 Å². The normalized spacial score (nSPS) is 21.3. The second-order valence-corrected chi connectivity index (χ2v) is 4.30. The van der Waals surface area contributed by atoms with Crippen LogP contribution < -0.4 is 10.6 Å². The Morgan fingerprint density at radius 3 is 2.88 bits per heavy atom. The fourth-order valence-corrected chi connectivity index (χ4v) is 2.11. The van der Waals surface area contributed by atoms with Gasteiger partial charge in [-0.15, -0.1) is 0 Å². The van der Waals surface area contributed by atoms with Crippen LogP contribution >= 0.6 is 0 Å². The molecule has 1 atom stereocenters. The molecule has 2 rings (SSSR count). The average Bonchev–Trinajstić information content (AvgIpc) is 2.23. The molecule has 1 amide bonds. The van der Waals surface area contributed by atoms with E-state index in [2.05, 4.69) is 4.98 Å². The number of aromatic nitrogens is 1. The summed E-state index contributed by atoms with van der Waals surface area (Å²) in [5.74, 6) is 0.0139. The number of carbonyl (C=O) groups is 1. The van der Waals surface area contributed by atoms with E-state index in [1.54, 1.807) is 4.90 Å². The molecular weight excluding hydrogens is 202 g/mol. The Hall–Kier alpha value is -1.42. The fourth-order valence-electron chi connectivity index (χ4n) is 2.11. The van der Waals surface area contributed by atoms with Crippen LogP contribution in [0.15, 0.2) is 12.1 Å². The van der Waals surface area contributed by atoms with Crippen LogP contribution in [0, 0.1) is 13.8 Å². The van der Waals surface area contributed by atoms with Gasteiger partial charge in [0.05, 0.1) is 17.4 Å². The second-order valence-electron chi connectivity index (χ2n) is 4.30. The molecule has 2 heterocycles. The van der Waals surface area contributed by atoms with Crippen LogP contribution in [0.25, 0.3) is 0 Å². The van der Waals surface area contributed by atoms with Crippen molar-refractivity contribution >= 4 is 11.6 Å². The highest BCUT2D eigenvalue weighted by Crippen LogP contribution is 2.23. The lowest BCUT2D eigenvalue weighted by atomic mass is 10.0. The van der Waals surface area contributed by atoms with Crippen LogP contribution in [0.2, 0.25) is 0 Å². The molecule has 2 N–H and O–H groups in total. The molecule has 1 unspecified atom stereocenters. The molecule has 0 aromatic carbocycles. The van der Waals surface area contributed by atoms with Crippen LogP contribution in [-0.4, -0.2) is 23.5 Å². The van der Waals surface area contributed by atoms with Crippen molar-refractivity contribution in [1.82, 2.24) is 4.98 Å². The second kappa shape index (κ2) is 4.22. The zero-order valence-electron chi connectivity index (χ0n) is 9.73. The van der Waals surface area contributed by atoms with Crippen LogP contribution in [0.5, 0.6) is 0 Å². The third-order valence-electron chi connectivity index (χ3n) is 2.97. The molecule has 0 bridgehead atoms. The van der Waals surface area contributed by atoms with Gasteiger partial charge in [0, 0.05) is 12.2 Å². The summed E-state index contributed by atoms with van der Waals surface area (Å²) in [6, 6.07) is 3.53. The number of nitrogens with zero attached hydrogens (tertiary/aromatic N) is 2. The third-order valence-corrected chi connectivity index (χ3v) is 2.97. The summed E-state index contributed by atoms with van der Waals surface area (Å²) in [5.41, 5.74) is 8.53. The molecule has 16 heavy (non-hydrogen) atoms. The number of nitrogens with two attached hydrogens (primary N) is 1. The first-order valence-corrected chi connectivity index (χ1v) is 5.61. The predicted molar refractivity (Wildman–Crippen MR) is 63.3 cm³/mol. The molecule has 1 saturated heterocycles. The highest BCUT2D eigenvalue weighted by atomic mass is 16.2. The molecule has 0 radical (unpaired) electrons. The van der Waals surface area contributed by atoms with Gasteiger partial charge in [0.15, 0.2) is 0 Å².